The lowest BCUT2D eigenvalue weighted by Crippen LogP contribution is -2.32. The van der Waals surface area contributed by atoms with Gasteiger partial charge in [0.1, 0.15) is 0 Å². The van der Waals surface area contributed by atoms with Crippen LogP contribution >= 0.6 is 0 Å². The predicted octanol–water partition coefficient (Wildman–Crippen LogP) is 2.97. The van der Waals surface area contributed by atoms with E-state index in [1.54, 1.807) is 0 Å². The van der Waals surface area contributed by atoms with Gasteiger partial charge < -0.3 is 5.11 Å². The Hall–Kier alpha value is -1.38. The van der Waals surface area contributed by atoms with Gasteiger partial charge in [-0.3, -0.25) is 9.59 Å². The van der Waals surface area contributed by atoms with Crippen molar-refractivity contribution in [1.82, 2.24) is 0 Å². The molecule has 94 valence electrons. The number of allylic oxidation sites excluding steroid dienone is 3. The lowest BCUT2D eigenvalue weighted by Gasteiger charge is -2.30. The molecule has 0 fully saturated rings. The number of aliphatic hydroxyl groups excluding tert-OH is 1. The van der Waals surface area contributed by atoms with Gasteiger partial charge in [-0.1, -0.05) is 41.5 Å². The van der Waals surface area contributed by atoms with E-state index in [1.165, 1.54) is 6.08 Å². The van der Waals surface area contributed by atoms with Crippen LogP contribution in [0, 0.1) is 10.8 Å². The summed E-state index contributed by atoms with van der Waals surface area (Å²) in [5, 5.41) is 9.79. The molecule has 0 aromatic rings. The van der Waals surface area contributed by atoms with Crippen LogP contribution in [-0.2, 0) is 9.59 Å². The average molecular weight is 236 g/mol. The molecule has 0 radical (unpaired) electrons. The Morgan fingerprint density at radius 1 is 0.941 bits per heavy atom. The number of aliphatic hydroxyl groups is 1. The molecule has 0 spiro atoms. The highest BCUT2D eigenvalue weighted by atomic mass is 16.3. The molecule has 1 aliphatic carbocycles. The van der Waals surface area contributed by atoms with Crippen molar-refractivity contribution in [1.29, 1.82) is 0 Å². The first-order chi connectivity index (χ1) is 7.46. The standard InChI is InChI=1S/C14H20O3/c1-13(2,3)8-7-9(15)12(17)10(11(8)16)14(4,5)6/h7,17H,1-6H3. The molecule has 0 heterocycles. The molecule has 0 unspecified atom stereocenters. The first kappa shape index (κ1) is 13.7. The largest absolute Gasteiger partial charge is 0.504 e. The zero-order valence-corrected chi connectivity index (χ0v) is 11.3. The van der Waals surface area contributed by atoms with Gasteiger partial charge in [-0.15, -0.1) is 0 Å². The highest BCUT2D eigenvalue weighted by Gasteiger charge is 2.39. The van der Waals surface area contributed by atoms with Crippen molar-refractivity contribution in [3.63, 3.8) is 0 Å². The van der Waals surface area contributed by atoms with Crippen LogP contribution < -0.4 is 0 Å². The van der Waals surface area contributed by atoms with Crippen molar-refractivity contribution in [2.24, 2.45) is 10.8 Å². The van der Waals surface area contributed by atoms with Crippen molar-refractivity contribution >= 4 is 11.6 Å². The van der Waals surface area contributed by atoms with E-state index >= 15 is 0 Å². The Morgan fingerprint density at radius 3 is 1.76 bits per heavy atom. The molecule has 17 heavy (non-hydrogen) atoms. The summed E-state index contributed by atoms with van der Waals surface area (Å²) in [7, 11) is 0. The maximum atomic E-state index is 12.3. The summed E-state index contributed by atoms with van der Waals surface area (Å²) >= 11 is 0. The van der Waals surface area contributed by atoms with Gasteiger partial charge in [-0.2, -0.15) is 0 Å². The third-order valence-electron chi connectivity index (χ3n) is 2.78. The molecule has 0 aromatic heterocycles. The SMILES string of the molecule is CC(C)(C)C1=CC(=O)C(O)=C(C(C)(C)C)C1=O. The fourth-order valence-corrected chi connectivity index (χ4v) is 1.88. The summed E-state index contributed by atoms with van der Waals surface area (Å²) < 4.78 is 0. The molecule has 0 saturated carbocycles. The van der Waals surface area contributed by atoms with Gasteiger partial charge in [0.25, 0.3) is 0 Å². The van der Waals surface area contributed by atoms with Crippen molar-refractivity contribution in [2.75, 3.05) is 0 Å². The summed E-state index contributed by atoms with van der Waals surface area (Å²) in [6.45, 7) is 11.1. The number of ketones is 2. The van der Waals surface area contributed by atoms with Crippen molar-refractivity contribution in [3.8, 4) is 0 Å². The topological polar surface area (TPSA) is 54.4 Å². The molecule has 0 saturated heterocycles. The summed E-state index contributed by atoms with van der Waals surface area (Å²) in [6.07, 6.45) is 1.26. The molecule has 0 aromatic carbocycles. The fraction of sp³-hybridized carbons (Fsp3) is 0.571. The minimum absolute atomic E-state index is 0.218. The van der Waals surface area contributed by atoms with Crippen LogP contribution in [0.25, 0.3) is 0 Å². The minimum Gasteiger partial charge on any atom is -0.504 e. The van der Waals surface area contributed by atoms with Crippen LogP contribution in [0.5, 0.6) is 0 Å². The van der Waals surface area contributed by atoms with E-state index in [-0.39, 0.29) is 11.4 Å². The van der Waals surface area contributed by atoms with Gasteiger partial charge in [0.05, 0.1) is 5.57 Å². The summed E-state index contributed by atoms with van der Waals surface area (Å²) in [5.74, 6) is -1.10. The van der Waals surface area contributed by atoms with Gasteiger partial charge in [0.15, 0.2) is 11.5 Å². The van der Waals surface area contributed by atoms with Gasteiger partial charge >= 0.3 is 0 Å². The molecule has 0 amide bonds. The smallest absolute Gasteiger partial charge is 0.221 e. The number of hydrogen-bond donors (Lipinski definition) is 1. The number of carbonyl (C=O) groups excluding carboxylic acids is 2. The Balaban J connectivity index is 3.40. The summed E-state index contributed by atoms with van der Waals surface area (Å²) in [6, 6.07) is 0. The minimum atomic E-state index is -0.540. The van der Waals surface area contributed by atoms with Crippen LogP contribution in [0.3, 0.4) is 0 Å². The molecular weight excluding hydrogens is 216 g/mol. The van der Waals surface area contributed by atoms with Crippen LogP contribution in [0.4, 0.5) is 0 Å². The monoisotopic (exact) mass is 236 g/mol. The highest BCUT2D eigenvalue weighted by molar-refractivity contribution is 6.22. The molecule has 3 nitrogen and oxygen atoms in total. The van der Waals surface area contributed by atoms with Gasteiger partial charge in [-0.25, -0.2) is 0 Å². The maximum absolute atomic E-state index is 12.3. The average Bonchev–Trinajstić information content (AvgIpc) is 2.07. The maximum Gasteiger partial charge on any atom is 0.221 e. The van der Waals surface area contributed by atoms with E-state index in [2.05, 4.69) is 0 Å². The zero-order chi connectivity index (χ0) is 13.6. The van der Waals surface area contributed by atoms with Gasteiger partial charge in [0.2, 0.25) is 5.78 Å². The zero-order valence-electron chi connectivity index (χ0n) is 11.3. The van der Waals surface area contributed by atoms with E-state index in [9.17, 15) is 14.7 Å². The predicted molar refractivity (Wildman–Crippen MR) is 66.7 cm³/mol. The third-order valence-corrected chi connectivity index (χ3v) is 2.78. The molecule has 1 rings (SSSR count). The van der Waals surface area contributed by atoms with Gasteiger partial charge in [0, 0.05) is 5.57 Å². The Bertz CT molecular complexity index is 437. The van der Waals surface area contributed by atoms with Crippen molar-refractivity contribution in [3.05, 3.63) is 23.0 Å². The first-order valence-corrected chi connectivity index (χ1v) is 5.71. The van der Waals surface area contributed by atoms with Gasteiger partial charge in [-0.05, 0) is 16.9 Å². The lowest BCUT2D eigenvalue weighted by molar-refractivity contribution is -0.119. The lowest BCUT2D eigenvalue weighted by atomic mass is 9.72. The molecule has 0 aliphatic heterocycles. The fourth-order valence-electron chi connectivity index (χ4n) is 1.88. The van der Waals surface area contributed by atoms with Crippen LogP contribution in [0.15, 0.2) is 23.0 Å². The molecular formula is C14H20O3. The van der Waals surface area contributed by atoms with Crippen LogP contribution in [0.1, 0.15) is 41.5 Å². The summed E-state index contributed by atoms with van der Waals surface area (Å²) in [5.41, 5.74) is -0.258. The normalized spacial score (nSPS) is 18.6. The van der Waals surface area contributed by atoms with Crippen LogP contribution in [0.2, 0.25) is 0 Å². The Morgan fingerprint density at radius 2 is 1.41 bits per heavy atom. The number of carbonyl (C=O) groups is 2. The first-order valence-electron chi connectivity index (χ1n) is 5.71. The molecule has 3 heteroatoms. The second kappa shape index (κ2) is 3.83. The number of hydrogen-bond acceptors (Lipinski definition) is 3. The molecule has 0 atom stereocenters. The van der Waals surface area contributed by atoms with E-state index < -0.39 is 22.4 Å². The third kappa shape index (κ3) is 2.48. The molecule has 0 bridgehead atoms. The van der Waals surface area contributed by atoms with E-state index in [0.717, 1.165) is 0 Å². The Labute approximate surface area is 102 Å². The van der Waals surface area contributed by atoms with Crippen molar-refractivity contribution in [2.45, 2.75) is 41.5 Å². The highest BCUT2D eigenvalue weighted by Crippen LogP contribution is 2.38. The second-order valence-electron chi connectivity index (χ2n) is 6.47. The van der Waals surface area contributed by atoms with Crippen molar-refractivity contribution < 1.29 is 14.7 Å². The van der Waals surface area contributed by atoms with Crippen LogP contribution in [-0.4, -0.2) is 16.7 Å². The number of Topliss-reactive ketones (excluding diaryl/α,β-unsaturated/α-hetero) is 1. The van der Waals surface area contributed by atoms with E-state index in [4.69, 9.17) is 0 Å². The van der Waals surface area contributed by atoms with E-state index in [0.29, 0.717) is 5.57 Å². The number of rotatable bonds is 0. The molecule has 1 N–H and O–H groups in total. The molecule has 1 aliphatic rings. The van der Waals surface area contributed by atoms with E-state index in [1.807, 2.05) is 41.5 Å². The summed E-state index contributed by atoms with van der Waals surface area (Å²) in [4.78, 5) is 24.1. The quantitative estimate of drug-likeness (QED) is 0.658. The Kier molecular flexibility index (Phi) is 3.08. The second-order valence-corrected chi connectivity index (χ2v) is 6.47.